The van der Waals surface area contributed by atoms with Crippen molar-refractivity contribution in [2.75, 3.05) is 38.3 Å². The van der Waals surface area contributed by atoms with Crippen molar-refractivity contribution in [1.82, 2.24) is 19.9 Å². The molecule has 1 unspecified atom stereocenters. The largest absolute Gasteiger partial charge is 0.383 e. The fourth-order valence-corrected chi connectivity index (χ4v) is 2.83. The number of hydrogen-bond acceptors (Lipinski definition) is 5. The third-order valence-electron chi connectivity index (χ3n) is 3.82. The number of methoxy groups -OCH3 is 1. The Hall–Kier alpha value is -1.66. The number of nitrogens with one attached hydrogen (secondary N) is 1. The highest BCUT2D eigenvalue weighted by molar-refractivity contribution is 5.69. The summed E-state index contributed by atoms with van der Waals surface area (Å²) in [6.45, 7) is 3.68. The lowest BCUT2D eigenvalue weighted by atomic mass is 10.2. The van der Waals surface area contributed by atoms with E-state index in [1.807, 2.05) is 29.2 Å². The molecule has 0 bridgehead atoms. The van der Waals surface area contributed by atoms with Crippen LogP contribution in [0.4, 0.5) is 5.82 Å². The Kier molecular flexibility index (Phi) is 4.13. The summed E-state index contributed by atoms with van der Waals surface area (Å²) in [6.07, 6.45) is 7.95. The van der Waals surface area contributed by atoms with Gasteiger partial charge in [0.2, 0.25) is 0 Å². The molecule has 2 aromatic heterocycles. The Balaban J connectivity index is 1.73. The summed E-state index contributed by atoms with van der Waals surface area (Å²) < 4.78 is 6.95. The van der Waals surface area contributed by atoms with Crippen molar-refractivity contribution in [3.05, 3.63) is 24.7 Å². The van der Waals surface area contributed by atoms with Gasteiger partial charge in [0.05, 0.1) is 12.8 Å². The number of ether oxygens (including phenoxy) is 1. The van der Waals surface area contributed by atoms with Gasteiger partial charge in [-0.3, -0.25) is 0 Å². The zero-order valence-electron chi connectivity index (χ0n) is 11.8. The van der Waals surface area contributed by atoms with Gasteiger partial charge in [0.1, 0.15) is 5.52 Å². The van der Waals surface area contributed by atoms with E-state index in [0.29, 0.717) is 6.04 Å². The molecule has 0 spiro atoms. The number of anilines is 1. The number of aromatic nitrogens is 3. The van der Waals surface area contributed by atoms with Crippen LogP contribution in [0.15, 0.2) is 24.7 Å². The van der Waals surface area contributed by atoms with Crippen molar-refractivity contribution in [2.24, 2.45) is 0 Å². The molecule has 1 N–H and O–H groups in total. The number of hydrogen-bond donors (Lipinski definition) is 1. The monoisotopic (exact) mass is 275 g/mol. The molecule has 6 nitrogen and oxygen atoms in total. The molecule has 0 amide bonds. The Labute approximate surface area is 118 Å². The lowest BCUT2D eigenvalue weighted by Gasteiger charge is -2.26. The van der Waals surface area contributed by atoms with E-state index in [-0.39, 0.29) is 0 Å². The van der Waals surface area contributed by atoms with Crippen LogP contribution in [0.1, 0.15) is 12.8 Å². The molecule has 3 rings (SSSR count). The van der Waals surface area contributed by atoms with Crippen LogP contribution < -0.4 is 10.2 Å². The highest BCUT2D eigenvalue weighted by atomic mass is 16.5. The zero-order chi connectivity index (χ0) is 13.8. The Bertz CT molecular complexity index is 555. The first-order valence-electron chi connectivity index (χ1n) is 7.15. The van der Waals surface area contributed by atoms with E-state index in [2.05, 4.69) is 20.3 Å². The topological polar surface area (TPSA) is 54.7 Å². The van der Waals surface area contributed by atoms with E-state index in [0.717, 1.165) is 37.6 Å². The molecule has 20 heavy (non-hydrogen) atoms. The van der Waals surface area contributed by atoms with Crippen LogP contribution in [-0.4, -0.2) is 54.0 Å². The standard InChI is InChI=1S/C14H21N5O/c1-20-10-7-15-11-12-3-2-8-18(12)14-13-4-5-17-19(13)9-6-16-14/h4-6,9,12,15H,2-3,7-8,10-11H2,1H3. The molecule has 0 aliphatic carbocycles. The second-order valence-corrected chi connectivity index (χ2v) is 5.10. The summed E-state index contributed by atoms with van der Waals surface area (Å²) in [6, 6.07) is 2.52. The summed E-state index contributed by atoms with van der Waals surface area (Å²) in [5.74, 6) is 1.04. The molecular weight excluding hydrogens is 254 g/mol. The lowest BCUT2D eigenvalue weighted by molar-refractivity contribution is 0.199. The summed E-state index contributed by atoms with van der Waals surface area (Å²) in [5, 5.41) is 7.73. The van der Waals surface area contributed by atoms with Crippen LogP contribution >= 0.6 is 0 Å². The second kappa shape index (κ2) is 6.19. The summed E-state index contributed by atoms with van der Waals surface area (Å²) >= 11 is 0. The Morgan fingerprint density at radius 3 is 3.30 bits per heavy atom. The fourth-order valence-electron chi connectivity index (χ4n) is 2.83. The maximum Gasteiger partial charge on any atom is 0.154 e. The minimum absolute atomic E-state index is 0.500. The van der Waals surface area contributed by atoms with E-state index in [9.17, 15) is 0 Å². The van der Waals surface area contributed by atoms with Crippen molar-refractivity contribution >= 4 is 11.3 Å². The van der Waals surface area contributed by atoms with Crippen molar-refractivity contribution < 1.29 is 4.74 Å². The first kappa shape index (κ1) is 13.3. The van der Waals surface area contributed by atoms with Gasteiger partial charge in [-0.25, -0.2) is 9.50 Å². The number of rotatable bonds is 6. The summed E-state index contributed by atoms with van der Waals surface area (Å²) in [4.78, 5) is 6.97. The highest BCUT2D eigenvalue weighted by Crippen LogP contribution is 2.26. The smallest absolute Gasteiger partial charge is 0.154 e. The van der Waals surface area contributed by atoms with Crippen molar-refractivity contribution in [2.45, 2.75) is 18.9 Å². The van der Waals surface area contributed by atoms with E-state index < -0.39 is 0 Å². The first-order chi connectivity index (χ1) is 9.90. The van der Waals surface area contributed by atoms with E-state index >= 15 is 0 Å². The molecule has 2 aromatic rings. The molecule has 6 heteroatoms. The van der Waals surface area contributed by atoms with Gasteiger partial charge in [-0.05, 0) is 18.9 Å². The molecular formula is C14H21N5O. The second-order valence-electron chi connectivity index (χ2n) is 5.10. The SMILES string of the molecule is COCCNCC1CCCN1c1nccn2nccc12. The predicted molar refractivity (Wildman–Crippen MR) is 78.1 cm³/mol. The Morgan fingerprint density at radius 1 is 1.45 bits per heavy atom. The van der Waals surface area contributed by atoms with Gasteiger partial charge in [0.15, 0.2) is 5.82 Å². The molecule has 108 valence electrons. The zero-order valence-corrected chi connectivity index (χ0v) is 11.8. The Morgan fingerprint density at radius 2 is 2.40 bits per heavy atom. The van der Waals surface area contributed by atoms with Gasteiger partial charge in [-0.15, -0.1) is 0 Å². The lowest BCUT2D eigenvalue weighted by Crippen LogP contribution is -2.39. The molecule has 0 aromatic carbocycles. The van der Waals surface area contributed by atoms with Gasteiger partial charge in [0.25, 0.3) is 0 Å². The summed E-state index contributed by atoms with van der Waals surface area (Å²) in [5.41, 5.74) is 1.08. The van der Waals surface area contributed by atoms with Gasteiger partial charge in [-0.1, -0.05) is 0 Å². The van der Waals surface area contributed by atoms with E-state index in [1.54, 1.807) is 7.11 Å². The molecule has 1 atom stereocenters. The molecule has 1 aliphatic rings. The van der Waals surface area contributed by atoms with Crippen LogP contribution in [0.25, 0.3) is 5.52 Å². The maximum atomic E-state index is 5.07. The van der Waals surface area contributed by atoms with Crippen LogP contribution in [0, 0.1) is 0 Å². The normalized spacial score (nSPS) is 19.1. The quantitative estimate of drug-likeness (QED) is 0.795. The minimum Gasteiger partial charge on any atom is -0.383 e. The maximum absolute atomic E-state index is 5.07. The van der Waals surface area contributed by atoms with Crippen LogP contribution in [-0.2, 0) is 4.74 Å². The van der Waals surface area contributed by atoms with Crippen LogP contribution in [0.5, 0.6) is 0 Å². The van der Waals surface area contributed by atoms with Gasteiger partial charge >= 0.3 is 0 Å². The van der Waals surface area contributed by atoms with Crippen LogP contribution in [0.3, 0.4) is 0 Å². The molecule has 0 radical (unpaired) electrons. The number of fused-ring (bicyclic) bond motifs is 1. The van der Waals surface area contributed by atoms with Crippen molar-refractivity contribution in [1.29, 1.82) is 0 Å². The average Bonchev–Trinajstić information content (AvgIpc) is 3.11. The van der Waals surface area contributed by atoms with Gasteiger partial charge in [-0.2, -0.15) is 5.10 Å². The molecule has 1 fully saturated rings. The molecule has 3 heterocycles. The van der Waals surface area contributed by atoms with Crippen molar-refractivity contribution in [3.8, 4) is 0 Å². The van der Waals surface area contributed by atoms with Gasteiger partial charge in [0, 0.05) is 45.2 Å². The third kappa shape index (κ3) is 2.62. The first-order valence-corrected chi connectivity index (χ1v) is 7.15. The average molecular weight is 275 g/mol. The minimum atomic E-state index is 0.500. The summed E-state index contributed by atoms with van der Waals surface area (Å²) in [7, 11) is 1.73. The third-order valence-corrected chi connectivity index (χ3v) is 3.82. The van der Waals surface area contributed by atoms with E-state index in [4.69, 9.17) is 4.74 Å². The molecule has 1 saturated heterocycles. The molecule has 0 saturated carbocycles. The highest BCUT2D eigenvalue weighted by Gasteiger charge is 2.26. The van der Waals surface area contributed by atoms with Gasteiger partial charge < -0.3 is 15.0 Å². The molecule has 1 aliphatic heterocycles. The van der Waals surface area contributed by atoms with Crippen LogP contribution in [0.2, 0.25) is 0 Å². The fraction of sp³-hybridized carbons (Fsp3) is 0.571. The number of nitrogens with zero attached hydrogens (tertiary/aromatic N) is 4. The predicted octanol–water partition coefficient (Wildman–Crippen LogP) is 0.934. The van der Waals surface area contributed by atoms with E-state index in [1.165, 1.54) is 12.8 Å². The van der Waals surface area contributed by atoms with Crippen molar-refractivity contribution in [3.63, 3.8) is 0 Å².